The van der Waals surface area contributed by atoms with Crippen LogP contribution in [0.3, 0.4) is 0 Å². The molecule has 0 N–H and O–H groups in total. The van der Waals surface area contributed by atoms with Gasteiger partial charge in [-0.2, -0.15) is 0 Å². The van der Waals surface area contributed by atoms with E-state index in [0.29, 0.717) is 42.9 Å². The molecule has 9 heteroatoms. The molecular formula is C21H25ClN4O4. The van der Waals surface area contributed by atoms with Gasteiger partial charge >= 0.3 is 5.97 Å². The van der Waals surface area contributed by atoms with Crippen LogP contribution in [0.25, 0.3) is 0 Å². The molecule has 0 aliphatic carbocycles. The number of hydrogen-bond donors (Lipinski definition) is 0. The molecular weight excluding hydrogens is 408 g/mol. The molecule has 1 aromatic heterocycles. The molecule has 0 spiro atoms. The maximum absolute atomic E-state index is 12.5. The first-order chi connectivity index (χ1) is 14.5. The van der Waals surface area contributed by atoms with Crippen molar-refractivity contribution in [1.82, 2.24) is 14.9 Å². The normalized spacial score (nSPS) is 16.3. The zero-order chi connectivity index (χ0) is 21.5. The van der Waals surface area contributed by atoms with E-state index >= 15 is 0 Å². The highest BCUT2D eigenvalue weighted by molar-refractivity contribution is 6.30. The van der Waals surface area contributed by atoms with E-state index in [0.717, 1.165) is 5.82 Å². The smallest absolute Gasteiger partial charge is 0.306 e. The number of halogens is 1. The molecule has 1 amide bonds. The molecule has 0 bridgehead atoms. The number of benzene rings is 1. The predicted molar refractivity (Wildman–Crippen MR) is 113 cm³/mol. The van der Waals surface area contributed by atoms with Crippen LogP contribution in [-0.4, -0.2) is 59.0 Å². The summed E-state index contributed by atoms with van der Waals surface area (Å²) in [6.45, 7) is 5.86. The van der Waals surface area contributed by atoms with Crippen molar-refractivity contribution in [2.45, 2.75) is 32.7 Å². The molecule has 1 aliphatic rings. The Kier molecular flexibility index (Phi) is 7.46. The standard InChI is InChI=1S/C21H25ClN4O4/c1-3-29-21(28)8-7-20(27)26-10-9-25(13-15(26)2)18-12-19(24-14-23-18)30-17-6-4-5-16(22)11-17/h4-6,11-12,14-15H,3,7-10,13H2,1-2H3. The highest BCUT2D eigenvalue weighted by Crippen LogP contribution is 2.25. The van der Waals surface area contributed by atoms with Gasteiger partial charge in [-0.1, -0.05) is 17.7 Å². The molecule has 1 aliphatic heterocycles. The van der Waals surface area contributed by atoms with Gasteiger partial charge in [-0.3, -0.25) is 9.59 Å². The van der Waals surface area contributed by atoms with E-state index in [2.05, 4.69) is 14.9 Å². The Balaban J connectivity index is 1.58. The summed E-state index contributed by atoms with van der Waals surface area (Å²) in [4.78, 5) is 36.4. The summed E-state index contributed by atoms with van der Waals surface area (Å²) in [5.41, 5.74) is 0. The molecule has 1 unspecified atom stereocenters. The monoisotopic (exact) mass is 432 g/mol. The Morgan fingerprint density at radius 1 is 1.20 bits per heavy atom. The van der Waals surface area contributed by atoms with Crippen LogP contribution in [0.15, 0.2) is 36.7 Å². The van der Waals surface area contributed by atoms with Gasteiger partial charge in [-0.15, -0.1) is 0 Å². The third-order valence-electron chi connectivity index (χ3n) is 4.77. The van der Waals surface area contributed by atoms with Crippen LogP contribution in [0.2, 0.25) is 5.02 Å². The Morgan fingerprint density at radius 2 is 2.03 bits per heavy atom. The van der Waals surface area contributed by atoms with Crippen molar-refractivity contribution in [3.63, 3.8) is 0 Å². The number of carbonyl (C=O) groups is 2. The van der Waals surface area contributed by atoms with Crippen LogP contribution in [0.4, 0.5) is 5.82 Å². The van der Waals surface area contributed by atoms with Crippen LogP contribution in [-0.2, 0) is 14.3 Å². The Morgan fingerprint density at radius 3 is 2.77 bits per heavy atom. The number of aromatic nitrogens is 2. The minimum absolute atomic E-state index is 0.0132. The summed E-state index contributed by atoms with van der Waals surface area (Å²) < 4.78 is 10.7. The van der Waals surface area contributed by atoms with Gasteiger partial charge in [0.15, 0.2) is 0 Å². The van der Waals surface area contributed by atoms with Gasteiger partial charge in [0.25, 0.3) is 0 Å². The van der Waals surface area contributed by atoms with Gasteiger partial charge in [0, 0.05) is 43.2 Å². The second-order valence-corrected chi connectivity index (χ2v) is 7.40. The maximum Gasteiger partial charge on any atom is 0.306 e. The lowest BCUT2D eigenvalue weighted by molar-refractivity contribution is -0.146. The number of esters is 1. The van der Waals surface area contributed by atoms with Crippen molar-refractivity contribution in [2.75, 3.05) is 31.1 Å². The lowest BCUT2D eigenvalue weighted by Gasteiger charge is -2.40. The highest BCUT2D eigenvalue weighted by Gasteiger charge is 2.28. The number of carbonyl (C=O) groups excluding carboxylic acids is 2. The minimum atomic E-state index is -0.342. The summed E-state index contributed by atoms with van der Waals surface area (Å²) in [7, 11) is 0. The molecule has 1 atom stereocenters. The maximum atomic E-state index is 12.5. The van der Waals surface area contributed by atoms with E-state index in [1.54, 1.807) is 42.2 Å². The van der Waals surface area contributed by atoms with E-state index in [1.807, 2.05) is 6.92 Å². The number of ether oxygens (including phenoxy) is 2. The van der Waals surface area contributed by atoms with Gasteiger partial charge < -0.3 is 19.3 Å². The Bertz CT molecular complexity index is 895. The van der Waals surface area contributed by atoms with Gasteiger partial charge in [-0.05, 0) is 32.0 Å². The van der Waals surface area contributed by atoms with Gasteiger partial charge in [0.05, 0.1) is 13.0 Å². The SMILES string of the molecule is CCOC(=O)CCC(=O)N1CCN(c2cc(Oc3cccc(Cl)c3)ncn2)CC1C. The summed E-state index contributed by atoms with van der Waals surface area (Å²) in [6, 6.07) is 8.85. The number of nitrogens with zero attached hydrogens (tertiary/aromatic N) is 4. The first kappa shape index (κ1) is 21.8. The molecule has 2 aromatic rings. The molecule has 3 rings (SSSR count). The first-order valence-electron chi connectivity index (χ1n) is 9.91. The largest absolute Gasteiger partial charge is 0.466 e. The molecule has 160 valence electrons. The summed E-state index contributed by atoms with van der Waals surface area (Å²) in [5.74, 6) is 1.36. The quantitative estimate of drug-likeness (QED) is 0.620. The van der Waals surface area contributed by atoms with Crippen molar-refractivity contribution >= 4 is 29.3 Å². The van der Waals surface area contributed by atoms with E-state index in [4.69, 9.17) is 21.1 Å². The molecule has 1 aromatic carbocycles. The van der Waals surface area contributed by atoms with Gasteiger partial charge in [-0.25, -0.2) is 9.97 Å². The molecule has 30 heavy (non-hydrogen) atoms. The number of anilines is 1. The zero-order valence-electron chi connectivity index (χ0n) is 17.1. The van der Waals surface area contributed by atoms with Crippen molar-refractivity contribution in [2.24, 2.45) is 0 Å². The van der Waals surface area contributed by atoms with E-state index in [9.17, 15) is 9.59 Å². The van der Waals surface area contributed by atoms with Crippen molar-refractivity contribution in [3.05, 3.63) is 41.7 Å². The number of rotatable bonds is 7. The highest BCUT2D eigenvalue weighted by atomic mass is 35.5. The molecule has 1 fully saturated rings. The topological polar surface area (TPSA) is 84.9 Å². The fraction of sp³-hybridized carbons (Fsp3) is 0.429. The zero-order valence-corrected chi connectivity index (χ0v) is 17.8. The average Bonchev–Trinajstić information content (AvgIpc) is 2.72. The van der Waals surface area contributed by atoms with Crippen molar-refractivity contribution in [3.8, 4) is 11.6 Å². The van der Waals surface area contributed by atoms with E-state index < -0.39 is 0 Å². The predicted octanol–water partition coefficient (Wildman–Crippen LogP) is 3.30. The first-order valence-corrected chi connectivity index (χ1v) is 10.3. The summed E-state index contributed by atoms with van der Waals surface area (Å²) in [5, 5.41) is 0.583. The lowest BCUT2D eigenvalue weighted by atomic mass is 10.1. The lowest BCUT2D eigenvalue weighted by Crippen LogP contribution is -2.54. The average molecular weight is 433 g/mol. The number of hydrogen-bond acceptors (Lipinski definition) is 7. The van der Waals surface area contributed by atoms with Crippen LogP contribution >= 0.6 is 11.6 Å². The van der Waals surface area contributed by atoms with Gasteiger partial charge in [0.1, 0.15) is 17.9 Å². The second-order valence-electron chi connectivity index (χ2n) is 6.96. The number of amides is 1. The van der Waals surface area contributed by atoms with E-state index in [-0.39, 0.29) is 30.8 Å². The summed E-state index contributed by atoms with van der Waals surface area (Å²) in [6.07, 6.45) is 1.72. The Hall–Kier alpha value is -2.87. The third-order valence-corrected chi connectivity index (χ3v) is 5.00. The van der Waals surface area contributed by atoms with Gasteiger partial charge in [0.2, 0.25) is 11.8 Å². The summed E-state index contributed by atoms with van der Waals surface area (Å²) >= 11 is 6.00. The van der Waals surface area contributed by atoms with Crippen LogP contribution < -0.4 is 9.64 Å². The molecule has 2 heterocycles. The van der Waals surface area contributed by atoms with Crippen molar-refractivity contribution in [1.29, 1.82) is 0 Å². The van der Waals surface area contributed by atoms with Crippen molar-refractivity contribution < 1.29 is 19.1 Å². The third kappa shape index (κ3) is 5.82. The second kappa shape index (κ2) is 10.2. The Labute approximate surface area is 180 Å². The van der Waals surface area contributed by atoms with Crippen LogP contribution in [0.5, 0.6) is 11.6 Å². The molecule has 8 nitrogen and oxygen atoms in total. The molecule has 0 saturated carbocycles. The van der Waals surface area contributed by atoms with E-state index in [1.165, 1.54) is 6.33 Å². The minimum Gasteiger partial charge on any atom is -0.466 e. The van der Waals surface area contributed by atoms with Crippen LogP contribution in [0.1, 0.15) is 26.7 Å². The number of piperazine rings is 1. The fourth-order valence-electron chi connectivity index (χ4n) is 3.33. The molecule has 0 radical (unpaired) electrons. The molecule has 1 saturated heterocycles. The fourth-order valence-corrected chi connectivity index (χ4v) is 3.51. The van der Waals surface area contributed by atoms with Crippen LogP contribution in [0, 0.1) is 0 Å².